The van der Waals surface area contributed by atoms with E-state index in [2.05, 4.69) is 53.8 Å². The Labute approximate surface area is 154 Å². The lowest BCUT2D eigenvalue weighted by Gasteiger charge is -2.24. The molecule has 1 aliphatic heterocycles. The summed E-state index contributed by atoms with van der Waals surface area (Å²) in [6.07, 6.45) is 2.47. The molecule has 1 aliphatic carbocycles. The van der Waals surface area contributed by atoms with Crippen LogP contribution in [0.4, 0.5) is 0 Å². The Hall–Kier alpha value is -2.17. The van der Waals surface area contributed by atoms with Crippen LogP contribution < -0.4 is 5.32 Å². The first-order valence-electron chi connectivity index (χ1n) is 9.43. The molecule has 0 aromatic heterocycles. The van der Waals surface area contributed by atoms with E-state index < -0.39 is 0 Å². The van der Waals surface area contributed by atoms with Gasteiger partial charge in [-0.1, -0.05) is 48.5 Å². The van der Waals surface area contributed by atoms with Crippen LogP contribution in [0.25, 0.3) is 0 Å². The number of benzene rings is 2. The average molecular weight is 351 g/mol. The lowest BCUT2D eigenvalue weighted by Crippen LogP contribution is -2.40. The van der Waals surface area contributed by atoms with E-state index >= 15 is 0 Å². The molecule has 1 heterocycles. The van der Waals surface area contributed by atoms with Gasteiger partial charge in [0.25, 0.3) is 0 Å². The fourth-order valence-corrected chi connectivity index (χ4v) is 4.00. The largest absolute Gasteiger partial charge is 0.376 e. The van der Waals surface area contributed by atoms with Crippen molar-refractivity contribution in [3.05, 3.63) is 70.8 Å². The van der Waals surface area contributed by atoms with Gasteiger partial charge in [-0.05, 0) is 35.1 Å². The fourth-order valence-electron chi connectivity index (χ4n) is 4.00. The molecule has 0 saturated carbocycles. The number of hydrogen-bond acceptors (Lipinski definition) is 3. The first-order chi connectivity index (χ1) is 12.8. The van der Waals surface area contributed by atoms with Gasteiger partial charge in [-0.15, -0.1) is 0 Å². The Morgan fingerprint density at radius 1 is 0.962 bits per heavy atom. The average Bonchev–Trinajstić information content (AvgIpc) is 2.85. The quantitative estimate of drug-likeness (QED) is 0.921. The molecule has 4 nitrogen and oxygen atoms in total. The maximum Gasteiger partial charge on any atom is 0.221 e. The monoisotopic (exact) mass is 351 g/mol. The maximum atomic E-state index is 12.7. The Morgan fingerprint density at radius 2 is 1.62 bits per heavy atom. The highest BCUT2D eigenvalue weighted by molar-refractivity contribution is 5.78. The molecule has 4 heteroatoms. The summed E-state index contributed by atoms with van der Waals surface area (Å²) in [6.45, 7) is 2.30. The van der Waals surface area contributed by atoms with Gasteiger partial charge in [0.15, 0.2) is 0 Å². The van der Waals surface area contributed by atoms with Crippen LogP contribution in [0, 0.1) is 0 Å². The molecule has 1 N–H and O–H groups in total. The lowest BCUT2D eigenvalue weighted by atomic mass is 9.85. The van der Waals surface area contributed by atoms with E-state index in [9.17, 15) is 4.79 Å². The summed E-state index contributed by atoms with van der Waals surface area (Å²) >= 11 is 0. The zero-order valence-corrected chi connectivity index (χ0v) is 14.9. The van der Waals surface area contributed by atoms with Gasteiger partial charge < -0.3 is 14.8 Å². The minimum Gasteiger partial charge on any atom is -0.376 e. The van der Waals surface area contributed by atoms with Gasteiger partial charge >= 0.3 is 0 Å². The van der Waals surface area contributed by atoms with E-state index in [1.807, 2.05) is 0 Å². The van der Waals surface area contributed by atoms with Crippen molar-refractivity contribution in [2.45, 2.75) is 31.3 Å². The highest BCUT2D eigenvalue weighted by Gasteiger charge is 2.26. The predicted molar refractivity (Wildman–Crippen MR) is 100 cm³/mol. The van der Waals surface area contributed by atoms with Crippen molar-refractivity contribution in [2.24, 2.45) is 0 Å². The van der Waals surface area contributed by atoms with Crippen LogP contribution in [-0.4, -0.2) is 38.4 Å². The van der Waals surface area contributed by atoms with Gasteiger partial charge in [-0.2, -0.15) is 0 Å². The third kappa shape index (κ3) is 3.81. The first kappa shape index (κ1) is 17.3. The van der Waals surface area contributed by atoms with Gasteiger partial charge in [0.05, 0.1) is 25.9 Å². The van der Waals surface area contributed by atoms with Crippen molar-refractivity contribution in [1.82, 2.24) is 5.32 Å². The molecule has 1 amide bonds. The third-order valence-corrected chi connectivity index (χ3v) is 5.33. The number of ether oxygens (including phenoxy) is 2. The summed E-state index contributed by atoms with van der Waals surface area (Å²) in [5, 5.41) is 3.04. The molecule has 1 unspecified atom stereocenters. The number of amides is 1. The molecule has 2 aromatic carbocycles. The van der Waals surface area contributed by atoms with Crippen molar-refractivity contribution in [3.63, 3.8) is 0 Å². The summed E-state index contributed by atoms with van der Waals surface area (Å²) in [5.74, 6) is 0.170. The minimum atomic E-state index is -0.0404. The van der Waals surface area contributed by atoms with E-state index in [0.717, 1.165) is 12.8 Å². The Balaban J connectivity index is 1.52. The number of fused-ring (bicyclic) bond motifs is 2. The molecule has 0 radical (unpaired) electrons. The van der Waals surface area contributed by atoms with Crippen LogP contribution in [0.15, 0.2) is 48.5 Å². The van der Waals surface area contributed by atoms with Gasteiger partial charge in [-0.25, -0.2) is 0 Å². The summed E-state index contributed by atoms with van der Waals surface area (Å²) in [5.41, 5.74) is 5.27. The highest BCUT2D eigenvalue weighted by atomic mass is 16.6. The summed E-state index contributed by atoms with van der Waals surface area (Å²) in [4.78, 5) is 12.7. The number of hydrogen-bond donors (Lipinski definition) is 1. The van der Waals surface area contributed by atoms with Crippen LogP contribution in [-0.2, 0) is 27.1 Å². The van der Waals surface area contributed by atoms with E-state index in [1.165, 1.54) is 22.3 Å². The molecular formula is C22H25NO3. The molecule has 1 fully saturated rings. The van der Waals surface area contributed by atoms with E-state index in [1.54, 1.807) is 0 Å². The molecule has 136 valence electrons. The van der Waals surface area contributed by atoms with Crippen molar-refractivity contribution in [2.75, 3.05) is 26.4 Å². The van der Waals surface area contributed by atoms with Crippen LogP contribution in [0.5, 0.6) is 0 Å². The second kappa shape index (κ2) is 8.02. The van der Waals surface area contributed by atoms with E-state index in [4.69, 9.17) is 9.47 Å². The number of carbonyl (C=O) groups excluding carboxylic acids is 1. The van der Waals surface area contributed by atoms with Crippen molar-refractivity contribution in [3.8, 4) is 0 Å². The van der Waals surface area contributed by atoms with Gasteiger partial charge in [0, 0.05) is 18.9 Å². The van der Waals surface area contributed by atoms with Crippen LogP contribution in [0.1, 0.15) is 34.6 Å². The molecule has 1 saturated heterocycles. The van der Waals surface area contributed by atoms with E-state index in [-0.39, 0.29) is 17.9 Å². The molecule has 2 aliphatic rings. The summed E-state index contributed by atoms with van der Waals surface area (Å²) in [6, 6.07) is 17.1. The highest BCUT2D eigenvalue weighted by Crippen LogP contribution is 2.36. The summed E-state index contributed by atoms with van der Waals surface area (Å²) < 4.78 is 11.0. The molecule has 4 rings (SSSR count). The Morgan fingerprint density at radius 3 is 2.23 bits per heavy atom. The zero-order chi connectivity index (χ0) is 17.8. The molecule has 2 aromatic rings. The molecule has 0 bridgehead atoms. The third-order valence-electron chi connectivity index (χ3n) is 5.33. The van der Waals surface area contributed by atoms with Gasteiger partial charge in [0.2, 0.25) is 5.91 Å². The molecule has 1 atom stereocenters. The molecular weight excluding hydrogens is 326 g/mol. The number of nitrogens with one attached hydrogen (secondary N) is 1. The smallest absolute Gasteiger partial charge is 0.221 e. The molecule has 26 heavy (non-hydrogen) atoms. The standard InChI is InChI=1S/C22H25NO3/c24-22(23-14-18-15-25-11-12-26-18)13-21-19-7-3-1-5-16(19)9-10-17-6-2-4-8-20(17)21/h1-8,18,21H,9-15H2,(H,23,24). The predicted octanol–water partition coefficient (Wildman–Crippen LogP) is 2.84. The summed E-state index contributed by atoms with van der Waals surface area (Å²) in [7, 11) is 0. The second-order valence-corrected chi connectivity index (χ2v) is 7.03. The topological polar surface area (TPSA) is 47.6 Å². The number of aryl methyl sites for hydroxylation is 2. The SMILES string of the molecule is O=C(CC1c2ccccc2CCc2ccccc21)NCC1COCCO1. The van der Waals surface area contributed by atoms with Crippen LogP contribution in [0.3, 0.4) is 0 Å². The van der Waals surface area contributed by atoms with Crippen molar-refractivity contribution < 1.29 is 14.3 Å². The normalized spacial score (nSPS) is 19.9. The van der Waals surface area contributed by atoms with Crippen LogP contribution in [0.2, 0.25) is 0 Å². The maximum absolute atomic E-state index is 12.7. The molecule has 0 spiro atoms. The van der Waals surface area contributed by atoms with Crippen LogP contribution >= 0.6 is 0 Å². The Kier molecular flexibility index (Phi) is 5.32. The van der Waals surface area contributed by atoms with Gasteiger partial charge in [0.1, 0.15) is 0 Å². The van der Waals surface area contributed by atoms with Crippen molar-refractivity contribution in [1.29, 1.82) is 0 Å². The second-order valence-electron chi connectivity index (χ2n) is 7.03. The number of carbonyl (C=O) groups is 1. The minimum absolute atomic E-state index is 0.0404. The number of rotatable bonds is 4. The Bertz CT molecular complexity index is 720. The lowest BCUT2D eigenvalue weighted by molar-refractivity contribution is -0.124. The van der Waals surface area contributed by atoms with Crippen molar-refractivity contribution >= 4 is 5.91 Å². The fraction of sp³-hybridized carbons (Fsp3) is 0.409. The van der Waals surface area contributed by atoms with Gasteiger partial charge in [-0.3, -0.25) is 4.79 Å². The zero-order valence-electron chi connectivity index (χ0n) is 14.9. The van der Waals surface area contributed by atoms with E-state index in [0.29, 0.717) is 32.8 Å². The first-order valence-corrected chi connectivity index (χ1v) is 9.43.